The lowest BCUT2D eigenvalue weighted by atomic mass is 10.0. The third-order valence-corrected chi connectivity index (χ3v) is 5.87. The molecule has 0 aliphatic rings. The Morgan fingerprint density at radius 3 is 1.41 bits per heavy atom. The summed E-state index contributed by atoms with van der Waals surface area (Å²) in [5.41, 5.74) is 9.81. The highest BCUT2D eigenvalue weighted by atomic mass is 16.4. The van der Waals surface area contributed by atoms with E-state index >= 15 is 0 Å². The summed E-state index contributed by atoms with van der Waals surface area (Å²) in [4.78, 5) is 30.8. The quantitative estimate of drug-likeness (QED) is 0.127. The largest absolute Gasteiger partial charge is 0.480 e. The molecular formula is C26H53N3O5. The van der Waals surface area contributed by atoms with Crippen LogP contribution in [0.3, 0.4) is 0 Å². The summed E-state index contributed by atoms with van der Waals surface area (Å²) in [6, 6.07) is -1.39. The summed E-state index contributed by atoms with van der Waals surface area (Å²) in [6.45, 7) is 4.81. The maximum absolute atomic E-state index is 10.6. The first kappa shape index (κ1) is 34.5. The number of carboxylic acid groups (broad SMARTS) is 2. The molecule has 0 aliphatic heterocycles. The van der Waals surface area contributed by atoms with Gasteiger partial charge in [0.05, 0.1) is 0 Å². The van der Waals surface area contributed by atoms with Crippen LogP contribution in [0.5, 0.6) is 0 Å². The molecule has 0 aromatic heterocycles. The molecular weight excluding hydrogens is 434 g/mol. The number of primary amides is 1. The van der Waals surface area contributed by atoms with Crippen molar-refractivity contribution in [3.8, 4) is 0 Å². The normalized spacial score (nSPS) is 12.4. The molecule has 0 fully saturated rings. The van der Waals surface area contributed by atoms with E-state index in [9.17, 15) is 14.4 Å². The van der Waals surface area contributed by atoms with Gasteiger partial charge < -0.3 is 27.0 Å². The molecule has 202 valence electrons. The van der Waals surface area contributed by atoms with Crippen molar-refractivity contribution in [1.29, 1.82) is 0 Å². The Morgan fingerprint density at radius 2 is 1.09 bits per heavy atom. The van der Waals surface area contributed by atoms with Crippen LogP contribution in [0.15, 0.2) is 0 Å². The Bertz CT molecular complexity index is 503. The highest BCUT2D eigenvalue weighted by molar-refractivity contribution is 5.77. The number of carbonyl (C=O) groups excluding carboxylic acids is 1. The van der Waals surface area contributed by atoms with Crippen LogP contribution in [0, 0.1) is 0 Å². The maximum Gasteiger partial charge on any atom is 0.320 e. The highest BCUT2D eigenvalue weighted by Crippen LogP contribution is 2.13. The van der Waals surface area contributed by atoms with Crippen molar-refractivity contribution in [1.82, 2.24) is 5.32 Å². The second-order valence-corrected chi connectivity index (χ2v) is 9.27. The van der Waals surface area contributed by atoms with Crippen molar-refractivity contribution in [3.63, 3.8) is 0 Å². The van der Waals surface area contributed by atoms with Crippen molar-refractivity contribution in [2.75, 3.05) is 6.54 Å². The number of hydrogen-bond donors (Lipinski definition) is 5. The van der Waals surface area contributed by atoms with Gasteiger partial charge in [-0.05, 0) is 26.3 Å². The van der Waals surface area contributed by atoms with Gasteiger partial charge in [-0.3, -0.25) is 14.4 Å². The Morgan fingerprint density at radius 1 is 0.706 bits per heavy atom. The van der Waals surface area contributed by atoms with E-state index in [0.717, 1.165) is 13.0 Å². The van der Waals surface area contributed by atoms with Gasteiger partial charge in [-0.15, -0.1) is 0 Å². The standard InChI is InChI=1S/C21H43NO2.C5H10N2O3/c1-3-4-5-6-7-8-9-10-11-12-13-14-15-16-17-18-19-22-20(2)21(23)24;6-3(5(9)10)1-2-4(7)8/h20,22H,3-19H2,1-2H3,(H,23,24);3H,1-2,6H2,(H2,7,8)(H,9,10)/t20-;3-/m10/s1. The van der Waals surface area contributed by atoms with E-state index in [-0.39, 0.29) is 12.8 Å². The molecule has 0 aliphatic carbocycles. The average molecular weight is 488 g/mol. The second-order valence-electron chi connectivity index (χ2n) is 9.27. The van der Waals surface area contributed by atoms with Crippen LogP contribution in [-0.4, -0.2) is 46.7 Å². The van der Waals surface area contributed by atoms with Crippen molar-refractivity contribution in [3.05, 3.63) is 0 Å². The van der Waals surface area contributed by atoms with Crippen LogP contribution in [-0.2, 0) is 14.4 Å². The number of unbranched alkanes of at least 4 members (excludes halogenated alkanes) is 15. The molecule has 34 heavy (non-hydrogen) atoms. The lowest BCUT2D eigenvalue weighted by molar-refractivity contribution is -0.139. The minimum absolute atomic E-state index is 0.0213. The van der Waals surface area contributed by atoms with Gasteiger partial charge in [-0.25, -0.2) is 0 Å². The number of carboxylic acids is 2. The Labute approximate surface area is 207 Å². The summed E-state index contributed by atoms with van der Waals surface area (Å²) in [6.07, 6.45) is 22.1. The molecule has 0 rings (SSSR count). The molecule has 0 heterocycles. The van der Waals surface area contributed by atoms with Gasteiger partial charge in [0.15, 0.2) is 0 Å². The summed E-state index contributed by atoms with van der Waals surface area (Å²) in [7, 11) is 0. The molecule has 0 radical (unpaired) electrons. The van der Waals surface area contributed by atoms with Crippen molar-refractivity contribution in [2.45, 2.75) is 142 Å². The zero-order chi connectivity index (χ0) is 26.0. The molecule has 2 atom stereocenters. The lowest BCUT2D eigenvalue weighted by Crippen LogP contribution is -2.34. The minimum atomic E-state index is -1.11. The van der Waals surface area contributed by atoms with Crippen molar-refractivity contribution < 1.29 is 24.6 Å². The zero-order valence-corrected chi connectivity index (χ0v) is 21.9. The van der Waals surface area contributed by atoms with E-state index in [1.807, 2.05) is 0 Å². The number of nitrogens with one attached hydrogen (secondary N) is 1. The zero-order valence-electron chi connectivity index (χ0n) is 21.9. The molecule has 0 aromatic carbocycles. The maximum atomic E-state index is 10.6. The molecule has 0 unspecified atom stereocenters. The number of hydrogen-bond acceptors (Lipinski definition) is 5. The Hall–Kier alpha value is -1.67. The van der Waals surface area contributed by atoms with Crippen LogP contribution in [0.4, 0.5) is 0 Å². The smallest absolute Gasteiger partial charge is 0.320 e. The van der Waals surface area contributed by atoms with Gasteiger partial charge in [0.25, 0.3) is 0 Å². The molecule has 0 saturated heterocycles. The molecule has 7 N–H and O–H groups in total. The monoisotopic (exact) mass is 487 g/mol. The molecule has 0 saturated carbocycles. The van der Waals surface area contributed by atoms with Gasteiger partial charge in [0.1, 0.15) is 12.1 Å². The summed E-state index contributed by atoms with van der Waals surface area (Å²) in [5.74, 6) is -2.40. The first-order valence-corrected chi connectivity index (χ1v) is 13.4. The van der Waals surface area contributed by atoms with Crippen molar-refractivity contribution >= 4 is 17.8 Å². The molecule has 1 amide bonds. The fraction of sp³-hybridized carbons (Fsp3) is 0.885. The molecule has 8 nitrogen and oxygen atoms in total. The molecule has 0 spiro atoms. The van der Waals surface area contributed by atoms with Gasteiger partial charge in [0.2, 0.25) is 5.91 Å². The SMILES string of the molecule is CCCCCCCCCCCCCCCCCCN[C@H](C)C(=O)O.NC(=O)CC[C@H](N)C(=O)O. The van der Waals surface area contributed by atoms with Crippen LogP contribution in [0.25, 0.3) is 0 Å². The van der Waals surface area contributed by atoms with Gasteiger partial charge >= 0.3 is 11.9 Å². The van der Waals surface area contributed by atoms with Crippen LogP contribution < -0.4 is 16.8 Å². The first-order chi connectivity index (χ1) is 16.2. The van der Waals surface area contributed by atoms with Crippen LogP contribution in [0.2, 0.25) is 0 Å². The van der Waals surface area contributed by atoms with Crippen LogP contribution in [0.1, 0.15) is 129 Å². The average Bonchev–Trinajstić information content (AvgIpc) is 2.79. The number of rotatable bonds is 23. The molecule has 8 heteroatoms. The number of carbonyl (C=O) groups is 3. The van der Waals surface area contributed by atoms with E-state index in [4.69, 9.17) is 21.7 Å². The lowest BCUT2D eigenvalue weighted by Gasteiger charge is -2.08. The minimum Gasteiger partial charge on any atom is -0.480 e. The Kier molecular flexibility index (Phi) is 26.3. The fourth-order valence-electron chi connectivity index (χ4n) is 3.50. The molecule has 0 bridgehead atoms. The predicted molar refractivity (Wildman–Crippen MR) is 139 cm³/mol. The van der Waals surface area contributed by atoms with Gasteiger partial charge in [0, 0.05) is 6.42 Å². The number of aliphatic carboxylic acids is 2. The third-order valence-electron chi connectivity index (χ3n) is 5.87. The summed E-state index contributed by atoms with van der Waals surface area (Å²) in [5, 5.41) is 20.0. The predicted octanol–water partition coefficient (Wildman–Crippen LogP) is 4.97. The van der Waals surface area contributed by atoms with E-state index in [0.29, 0.717) is 0 Å². The topological polar surface area (TPSA) is 156 Å². The second kappa shape index (κ2) is 25.9. The Balaban J connectivity index is 0. The molecule has 0 aromatic rings. The van der Waals surface area contributed by atoms with Gasteiger partial charge in [-0.2, -0.15) is 0 Å². The van der Waals surface area contributed by atoms with E-state index < -0.39 is 29.9 Å². The summed E-state index contributed by atoms with van der Waals surface area (Å²) < 4.78 is 0. The third kappa shape index (κ3) is 28.4. The van der Waals surface area contributed by atoms with E-state index in [2.05, 4.69) is 12.2 Å². The van der Waals surface area contributed by atoms with Gasteiger partial charge in [-0.1, -0.05) is 103 Å². The van der Waals surface area contributed by atoms with Crippen LogP contribution >= 0.6 is 0 Å². The number of amides is 1. The van der Waals surface area contributed by atoms with Crippen molar-refractivity contribution in [2.24, 2.45) is 11.5 Å². The fourth-order valence-corrected chi connectivity index (χ4v) is 3.50. The first-order valence-electron chi connectivity index (χ1n) is 13.4. The van der Waals surface area contributed by atoms with E-state index in [1.54, 1.807) is 6.92 Å². The highest BCUT2D eigenvalue weighted by Gasteiger charge is 2.11. The number of nitrogens with two attached hydrogens (primary N) is 2. The summed E-state index contributed by atoms with van der Waals surface area (Å²) >= 11 is 0. The van der Waals surface area contributed by atoms with E-state index in [1.165, 1.54) is 96.3 Å².